The van der Waals surface area contributed by atoms with Crippen LogP contribution >= 0.6 is 0 Å². The van der Waals surface area contributed by atoms with Crippen molar-refractivity contribution < 1.29 is 14.3 Å². The third kappa shape index (κ3) is 4.39. The summed E-state index contributed by atoms with van der Waals surface area (Å²) in [5.41, 5.74) is 2.68. The minimum Gasteiger partial charge on any atom is -0.485 e. The van der Waals surface area contributed by atoms with Crippen LogP contribution in [0, 0.1) is 0 Å². The third-order valence-corrected chi connectivity index (χ3v) is 5.40. The van der Waals surface area contributed by atoms with Crippen molar-refractivity contribution in [2.45, 2.75) is 38.0 Å². The van der Waals surface area contributed by atoms with Gasteiger partial charge in [0.15, 0.2) is 11.5 Å². The van der Waals surface area contributed by atoms with E-state index in [2.05, 4.69) is 4.99 Å². The van der Waals surface area contributed by atoms with Crippen LogP contribution in [0.2, 0.25) is 0 Å². The van der Waals surface area contributed by atoms with Crippen LogP contribution in [0.25, 0.3) is 0 Å². The van der Waals surface area contributed by atoms with E-state index in [4.69, 9.17) is 9.47 Å². The first-order chi connectivity index (χ1) is 14.3. The number of hydrogen-bond acceptors (Lipinski definition) is 4. The van der Waals surface area contributed by atoms with Crippen molar-refractivity contribution in [1.29, 1.82) is 0 Å². The van der Waals surface area contributed by atoms with E-state index in [0.717, 1.165) is 36.0 Å². The lowest BCUT2D eigenvalue weighted by molar-refractivity contribution is 0.243. The predicted molar refractivity (Wildman–Crippen MR) is 112 cm³/mol. The quantitative estimate of drug-likeness (QED) is 0.377. The van der Waals surface area contributed by atoms with Crippen molar-refractivity contribution in [3.63, 3.8) is 0 Å². The van der Waals surface area contributed by atoms with Crippen LogP contribution in [0.4, 0.5) is 0 Å². The molecular formula is C25H23NO3. The molecule has 4 rings (SSSR count). The number of nitrogens with zero attached hydrogens (tertiary/aromatic N) is 1. The number of benzene rings is 3. The number of rotatable bonds is 8. The molecule has 0 bridgehead atoms. The Morgan fingerprint density at radius 3 is 1.90 bits per heavy atom. The molecule has 0 spiro atoms. The molecule has 0 N–H and O–H groups in total. The maximum Gasteiger partial charge on any atom is 0.235 e. The van der Waals surface area contributed by atoms with E-state index in [0.29, 0.717) is 24.7 Å². The summed E-state index contributed by atoms with van der Waals surface area (Å²) in [5.74, 6) is 1.34. The van der Waals surface area contributed by atoms with Crippen LogP contribution in [0.15, 0.2) is 83.9 Å². The molecule has 0 heterocycles. The zero-order valence-electron chi connectivity index (χ0n) is 16.2. The van der Waals surface area contributed by atoms with Crippen LogP contribution in [0.5, 0.6) is 11.5 Å². The van der Waals surface area contributed by atoms with E-state index < -0.39 is 5.54 Å². The molecule has 146 valence electrons. The number of isocyanates is 1. The molecule has 0 atom stereocenters. The van der Waals surface area contributed by atoms with Crippen molar-refractivity contribution in [2.75, 3.05) is 0 Å². The monoisotopic (exact) mass is 385 g/mol. The number of hydrogen-bond donors (Lipinski definition) is 0. The van der Waals surface area contributed by atoms with Crippen molar-refractivity contribution >= 4 is 6.08 Å². The molecule has 0 amide bonds. The van der Waals surface area contributed by atoms with Gasteiger partial charge in [0, 0.05) is 0 Å². The molecular weight excluding hydrogens is 362 g/mol. The Morgan fingerprint density at radius 1 is 0.793 bits per heavy atom. The maximum atomic E-state index is 11.0. The molecule has 0 radical (unpaired) electrons. The summed E-state index contributed by atoms with van der Waals surface area (Å²) in [6.45, 7) is 0.898. The summed E-state index contributed by atoms with van der Waals surface area (Å²) < 4.78 is 12.2. The lowest BCUT2D eigenvalue weighted by Gasteiger charge is -2.37. The first-order valence-corrected chi connectivity index (χ1v) is 9.86. The lowest BCUT2D eigenvalue weighted by atomic mass is 9.72. The normalized spacial score (nSPS) is 14.3. The summed E-state index contributed by atoms with van der Waals surface area (Å²) in [5, 5.41) is 0. The van der Waals surface area contributed by atoms with Gasteiger partial charge in [-0.2, -0.15) is 4.99 Å². The summed E-state index contributed by atoms with van der Waals surface area (Å²) in [6.07, 6.45) is 4.51. The van der Waals surface area contributed by atoms with Crippen molar-refractivity contribution in [3.8, 4) is 11.5 Å². The summed E-state index contributed by atoms with van der Waals surface area (Å²) >= 11 is 0. The average molecular weight is 385 g/mol. The SMILES string of the molecule is O=C=NC1(c2ccc(OCc3ccccc3)c(OCc3ccccc3)c2)CCC1. The second-order valence-corrected chi connectivity index (χ2v) is 7.30. The van der Waals surface area contributed by atoms with E-state index in [1.54, 1.807) is 6.08 Å². The van der Waals surface area contributed by atoms with E-state index in [1.807, 2.05) is 78.9 Å². The fraction of sp³-hybridized carbons (Fsp3) is 0.240. The molecule has 0 saturated heterocycles. The molecule has 29 heavy (non-hydrogen) atoms. The molecule has 0 aliphatic heterocycles. The fourth-order valence-corrected chi connectivity index (χ4v) is 3.56. The molecule has 3 aromatic rings. The number of ether oxygens (including phenoxy) is 2. The van der Waals surface area contributed by atoms with Crippen molar-refractivity contribution in [1.82, 2.24) is 0 Å². The molecule has 1 aliphatic rings. The molecule has 1 aliphatic carbocycles. The maximum absolute atomic E-state index is 11.0. The lowest BCUT2D eigenvalue weighted by Crippen LogP contribution is -2.31. The topological polar surface area (TPSA) is 47.9 Å². The van der Waals surface area contributed by atoms with E-state index in [-0.39, 0.29) is 0 Å². The predicted octanol–water partition coefficient (Wildman–Crippen LogP) is 5.56. The highest BCUT2D eigenvalue weighted by molar-refractivity contribution is 5.48. The van der Waals surface area contributed by atoms with Gasteiger partial charge in [-0.1, -0.05) is 66.7 Å². The van der Waals surface area contributed by atoms with Gasteiger partial charge in [-0.3, -0.25) is 0 Å². The van der Waals surface area contributed by atoms with Gasteiger partial charge in [0.1, 0.15) is 13.2 Å². The minimum atomic E-state index is -0.468. The zero-order chi connectivity index (χ0) is 19.9. The Kier molecular flexibility index (Phi) is 5.73. The Hall–Kier alpha value is -3.36. The Balaban J connectivity index is 1.59. The van der Waals surface area contributed by atoms with Crippen molar-refractivity contribution in [2.24, 2.45) is 4.99 Å². The van der Waals surface area contributed by atoms with E-state index >= 15 is 0 Å². The van der Waals surface area contributed by atoms with Gasteiger partial charge in [-0.25, -0.2) is 4.79 Å². The van der Waals surface area contributed by atoms with Crippen LogP contribution in [0.1, 0.15) is 36.0 Å². The second kappa shape index (κ2) is 8.76. The first kappa shape index (κ1) is 19.0. The van der Waals surface area contributed by atoms with Gasteiger partial charge >= 0.3 is 0 Å². The van der Waals surface area contributed by atoms with Gasteiger partial charge in [0.25, 0.3) is 0 Å². The second-order valence-electron chi connectivity index (χ2n) is 7.30. The van der Waals surface area contributed by atoms with Gasteiger partial charge in [-0.15, -0.1) is 0 Å². The number of aliphatic imine (C=N–C) groups is 1. The van der Waals surface area contributed by atoms with Gasteiger partial charge in [-0.05, 0) is 48.1 Å². The smallest absolute Gasteiger partial charge is 0.235 e. The number of carbonyl (C=O) groups excluding carboxylic acids is 1. The minimum absolute atomic E-state index is 0.440. The van der Waals surface area contributed by atoms with E-state index in [1.165, 1.54) is 0 Å². The van der Waals surface area contributed by atoms with E-state index in [9.17, 15) is 4.79 Å². The molecule has 1 fully saturated rings. The summed E-state index contributed by atoms with van der Waals surface area (Å²) in [6, 6.07) is 25.9. The molecule has 0 aromatic heterocycles. The van der Waals surface area contributed by atoms with Crippen LogP contribution in [-0.2, 0) is 23.5 Å². The van der Waals surface area contributed by atoms with Crippen LogP contribution in [0.3, 0.4) is 0 Å². The Morgan fingerprint density at radius 2 is 1.38 bits per heavy atom. The fourth-order valence-electron chi connectivity index (χ4n) is 3.56. The highest BCUT2D eigenvalue weighted by atomic mass is 16.5. The standard InChI is InChI=1S/C25H23NO3/c27-19-26-25(14-7-15-25)22-12-13-23(28-17-20-8-3-1-4-9-20)24(16-22)29-18-21-10-5-2-6-11-21/h1-6,8-13,16H,7,14-15,17-18H2. The van der Waals surface area contributed by atoms with Crippen molar-refractivity contribution in [3.05, 3.63) is 95.6 Å². The molecule has 3 aromatic carbocycles. The van der Waals surface area contributed by atoms with Gasteiger partial charge in [0.2, 0.25) is 6.08 Å². The molecule has 0 unspecified atom stereocenters. The molecule has 1 saturated carbocycles. The highest BCUT2D eigenvalue weighted by Crippen LogP contribution is 2.46. The van der Waals surface area contributed by atoms with Crippen LogP contribution < -0.4 is 9.47 Å². The summed E-state index contributed by atoms with van der Waals surface area (Å²) in [7, 11) is 0. The first-order valence-electron chi connectivity index (χ1n) is 9.86. The summed E-state index contributed by atoms with van der Waals surface area (Å²) in [4.78, 5) is 15.1. The Bertz CT molecular complexity index is 991. The molecule has 4 heteroatoms. The largest absolute Gasteiger partial charge is 0.485 e. The Labute approximate surface area is 170 Å². The third-order valence-electron chi connectivity index (χ3n) is 5.40. The van der Waals surface area contributed by atoms with Gasteiger partial charge < -0.3 is 9.47 Å². The molecule has 4 nitrogen and oxygen atoms in total. The average Bonchev–Trinajstić information content (AvgIpc) is 2.75. The zero-order valence-corrected chi connectivity index (χ0v) is 16.2. The highest BCUT2D eigenvalue weighted by Gasteiger charge is 2.39. The van der Waals surface area contributed by atoms with Gasteiger partial charge in [0.05, 0.1) is 5.54 Å². The van der Waals surface area contributed by atoms with Crippen LogP contribution in [-0.4, -0.2) is 6.08 Å².